The number of ether oxygens (including phenoxy) is 1. The fourth-order valence-electron chi connectivity index (χ4n) is 2.13. The third-order valence-corrected chi connectivity index (χ3v) is 3.45. The van der Waals surface area contributed by atoms with E-state index in [1.807, 2.05) is 32.2 Å². The van der Waals surface area contributed by atoms with E-state index in [-0.39, 0.29) is 11.8 Å². The zero-order chi connectivity index (χ0) is 14.7. The maximum absolute atomic E-state index is 12.0. The first-order valence-electron chi connectivity index (χ1n) is 6.98. The molecule has 108 valence electrons. The van der Waals surface area contributed by atoms with E-state index < -0.39 is 12.2 Å². The van der Waals surface area contributed by atoms with Crippen LogP contribution in [0.15, 0.2) is 18.3 Å². The van der Waals surface area contributed by atoms with Gasteiger partial charge in [-0.1, -0.05) is 26.8 Å². The number of carbonyl (C=O) groups is 2. The molecule has 5 heteroatoms. The molecular formula is C15H20N2O3. The number of carbonyl (C=O) groups excluding carboxylic acids is 2. The third kappa shape index (κ3) is 2.98. The molecule has 1 unspecified atom stereocenters. The van der Waals surface area contributed by atoms with Gasteiger partial charge in [0.25, 0.3) is 5.91 Å². The third-order valence-electron chi connectivity index (χ3n) is 3.45. The highest BCUT2D eigenvalue weighted by Crippen LogP contribution is 2.19. The summed E-state index contributed by atoms with van der Waals surface area (Å²) in [6.07, 6.45) is 2.14. The number of nitrogens with zero attached hydrogens (tertiary/aromatic N) is 2. The van der Waals surface area contributed by atoms with Gasteiger partial charge in [-0.15, -0.1) is 0 Å². The lowest BCUT2D eigenvalue weighted by Crippen LogP contribution is -2.34. The maximum atomic E-state index is 12.0. The molecule has 2 heterocycles. The fourth-order valence-corrected chi connectivity index (χ4v) is 2.13. The van der Waals surface area contributed by atoms with E-state index in [2.05, 4.69) is 11.9 Å². The summed E-state index contributed by atoms with van der Waals surface area (Å²) >= 11 is 0. The van der Waals surface area contributed by atoms with Crippen molar-refractivity contribution in [3.05, 3.63) is 29.6 Å². The number of aryl methyl sites for hydroxylation is 1. The molecule has 0 bridgehead atoms. The van der Waals surface area contributed by atoms with E-state index in [9.17, 15) is 9.59 Å². The van der Waals surface area contributed by atoms with Gasteiger partial charge in [0.2, 0.25) is 0 Å². The van der Waals surface area contributed by atoms with Gasteiger partial charge in [0.05, 0.1) is 0 Å². The summed E-state index contributed by atoms with van der Waals surface area (Å²) in [6, 6.07) is 3.95. The molecule has 1 fully saturated rings. The highest BCUT2D eigenvalue weighted by atomic mass is 16.6. The van der Waals surface area contributed by atoms with Crippen molar-refractivity contribution in [3.8, 4) is 0 Å². The molecule has 2 amide bonds. The van der Waals surface area contributed by atoms with Crippen molar-refractivity contribution in [2.45, 2.75) is 39.7 Å². The summed E-state index contributed by atoms with van der Waals surface area (Å²) in [7, 11) is 0. The Morgan fingerprint density at radius 3 is 2.60 bits per heavy atom. The predicted octanol–water partition coefficient (Wildman–Crippen LogP) is 2.19. The zero-order valence-corrected chi connectivity index (χ0v) is 12.1. The van der Waals surface area contributed by atoms with Crippen LogP contribution in [0.4, 0.5) is 4.79 Å². The molecule has 1 aromatic heterocycles. The first-order chi connectivity index (χ1) is 9.52. The van der Waals surface area contributed by atoms with Gasteiger partial charge in [0, 0.05) is 24.9 Å². The van der Waals surface area contributed by atoms with E-state index in [4.69, 9.17) is 4.74 Å². The minimum Gasteiger partial charge on any atom is -0.435 e. The number of aromatic nitrogens is 1. The molecule has 20 heavy (non-hydrogen) atoms. The van der Waals surface area contributed by atoms with Crippen molar-refractivity contribution >= 4 is 12.0 Å². The average Bonchev–Trinajstić information content (AvgIpc) is 2.72. The average molecular weight is 276 g/mol. The SMILES string of the molecule is CCc1ccc(CCN2C(=O)OC(C(C)C)C2=O)nc1. The van der Waals surface area contributed by atoms with Gasteiger partial charge in [-0.3, -0.25) is 9.78 Å². The molecule has 1 saturated heterocycles. The van der Waals surface area contributed by atoms with Gasteiger partial charge in [0.15, 0.2) is 6.10 Å². The summed E-state index contributed by atoms with van der Waals surface area (Å²) in [5.74, 6) is -0.242. The normalized spacial score (nSPS) is 18.8. The largest absolute Gasteiger partial charge is 0.435 e. The molecule has 0 spiro atoms. The molecule has 2 rings (SSSR count). The summed E-state index contributed by atoms with van der Waals surface area (Å²) in [6.45, 7) is 6.12. The number of pyridine rings is 1. The van der Waals surface area contributed by atoms with Crippen LogP contribution in [0.5, 0.6) is 0 Å². The Morgan fingerprint density at radius 1 is 1.35 bits per heavy atom. The number of amides is 2. The molecule has 0 radical (unpaired) electrons. The van der Waals surface area contributed by atoms with Gasteiger partial charge in [0.1, 0.15) is 0 Å². The smallest absolute Gasteiger partial charge is 0.417 e. The second-order valence-electron chi connectivity index (χ2n) is 5.30. The van der Waals surface area contributed by atoms with Crippen molar-refractivity contribution in [1.82, 2.24) is 9.88 Å². The zero-order valence-electron chi connectivity index (χ0n) is 12.1. The van der Waals surface area contributed by atoms with Crippen LogP contribution in [0.2, 0.25) is 0 Å². The quantitative estimate of drug-likeness (QED) is 0.827. The second-order valence-corrected chi connectivity index (χ2v) is 5.30. The molecule has 0 N–H and O–H groups in total. The van der Waals surface area contributed by atoms with Crippen LogP contribution in [0, 0.1) is 5.92 Å². The highest BCUT2D eigenvalue weighted by Gasteiger charge is 2.41. The number of hydrogen-bond donors (Lipinski definition) is 0. The standard InChI is InChI=1S/C15H20N2O3/c1-4-11-5-6-12(16-9-11)7-8-17-14(18)13(10(2)3)20-15(17)19/h5-6,9-10,13H,4,7-8H2,1-3H3. The van der Waals surface area contributed by atoms with Crippen LogP contribution in [0.1, 0.15) is 32.0 Å². The van der Waals surface area contributed by atoms with E-state index in [0.717, 1.165) is 12.1 Å². The second kappa shape index (κ2) is 6.03. The highest BCUT2D eigenvalue weighted by molar-refractivity contribution is 6.00. The molecular weight excluding hydrogens is 256 g/mol. The minimum absolute atomic E-state index is 0.00147. The minimum atomic E-state index is -0.641. The number of rotatable bonds is 5. The topological polar surface area (TPSA) is 59.5 Å². The summed E-state index contributed by atoms with van der Waals surface area (Å²) in [5.41, 5.74) is 2.04. The summed E-state index contributed by atoms with van der Waals surface area (Å²) < 4.78 is 5.09. The molecule has 1 aliphatic heterocycles. The lowest BCUT2D eigenvalue weighted by molar-refractivity contribution is -0.131. The molecule has 0 saturated carbocycles. The number of imide groups is 1. The Kier molecular flexibility index (Phi) is 4.37. The molecule has 1 aliphatic rings. The van der Waals surface area contributed by atoms with Gasteiger partial charge < -0.3 is 4.74 Å². The van der Waals surface area contributed by atoms with Crippen molar-refractivity contribution in [3.63, 3.8) is 0 Å². The molecule has 5 nitrogen and oxygen atoms in total. The van der Waals surface area contributed by atoms with Crippen LogP contribution in [-0.2, 0) is 22.4 Å². The van der Waals surface area contributed by atoms with E-state index in [0.29, 0.717) is 13.0 Å². The predicted molar refractivity (Wildman–Crippen MR) is 74.1 cm³/mol. The molecule has 0 aliphatic carbocycles. The fraction of sp³-hybridized carbons (Fsp3) is 0.533. The van der Waals surface area contributed by atoms with E-state index in [1.165, 1.54) is 10.5 Å². The Labute approximate surface area is 118 Å². The first-order valence-corrected chi connectivity index (χ1v) is 6.98. The van der Waals surface area contributed by atoms with Crippen molar-refractivity contribution in [2.24, 2.45) is 5.92 Å². The van der Waals surface area contributed by atoms with Crippen molar-refractivity contribution in [1.29, 1.82) is 0 Å². The lowest BCUT2D eigenvalue weighted by atomic mass is 10.1. The van der Waals surface area contributed by atoms with Gasteiger partial charge in [-0.25, -0.2) is 9.69 Å². The van der Waals surface area contributed by atoms with Crippen LogP contribution in [0.25, 0.3) is 0 Å². The first kappa shape index (κ1) is 14.5. The Balaban J connectivity index is 1.96. The van der Waals surface area contributed by atoms with Crippen LogP contribution in [-0.4, -0.2) is 34.5 Å². The van der Waals surface area contributed by atoms with E-state index in [1.54, 1.807) is 0 Å². The Hall–Kier alpha value is -1.91. The molecule has 1 aromatic rings. The monoisotopic (exact) mass is 276 g/mol. The van der Waals surface area contributed by atoms with E-state index >= 15 is 0 Å². The van der Waals surface area contributed by atoms with Crippen molar-refractivity contribution < 1.29 is 14.3 Å². The van der Waals surface area contributed by atoms with Crippen LogP contribution in [0.3, 0.4) is 0 Å². The summed E-state index contributed by atoms with van der Waals surface area (Å²) in [4.78, 5) is 29.2. The van der Waals surface area contributed by atoms with Crippen molar-refractivity contribution in [2.75, 3.05) is 6.54 Å². The molecule has 1 atom stereocenters. The van der Waals surface area contributed by atoms with Gasteiger partial charge >= 0.3 is 6.09 Å². The Bertz CT molecular complexity index is 496. The molecule has 0 aromatic carbocycles. The number of cyclic esters (lactones) is 1. The lowest BCUT2D eigenvalue weighted by Gasteiger charge is -2.12. The maximum Gasteiger partial charge on any atom is 0.417 e. The summed E-state index contributed by atoms with van der Waals surface area (Å²) in [5, 5.41) is 0. The van der Waals surface area contributed by atoms with Gasteiger partial charge in [-0.2, -0.15) is 0 Å². The Morgan fingerprint density at radius 2 is 2.10 bits per heavy atom. The van der Waals surface area contributed by atoms with Gasteiger partial charge in [-0.05, 0) is 24.0 Å². The number of hydrogen-bond acceptors (Lipinski definition) is 4. The van der Waals surface area contributed by atoms with Crippen LogP contribution >= 0.6 is 0 Å². The van der Waals surface area contributed by atoms with Crippen LogP contribution < -0.4 is 0 Å².